The van der Waals surface area contributed by atoms with Gasteiger partial charge >= 0.3 is 0 Å². The van der Waals surface area contributed by atoms with Crippen LogP contribution in [0.4, 0.5) is 0 Å². The Hall–Kier alpha value is -0.160. The molecule has 2 atom stereocenters. The van der Waals surface area contributed by atoms with Crippen LogP contribution >= 0.6 is 0 Å². The molecular weight excluding hydrogens is 240 g/mol. The first-order valence-electron chi connectivity index (χ1n) is 7.80. The molecule has 1 fully saturated rings. The number of ether oxygens (including phenoxy) is 1. The van der Waals surface area contributed by atoms with Crippen LogP contribution in [-0.2, 0) is 4.74 Å². The Morgan fingerprint density at radius 2 is 2.21 bits per heavy atom. The van der Waals surface area contributed by atoms with Crippen molar-refractivity contribution in [2.24, 2.45) is 0 Å². The first kappa shape index (κ1) is 16.9. The quantitative estimate of drug-likeness (QED) is 0.669. The predicted octanol–water partition coefficient (Wildman–Crippen LogP) is 1.63. The van der Waals surface area contributed by atoms with Crippen LogP contribution in [0.25, 0.3) is 0 Å². The van der Waals surface area contributed by atoms with E-state index in [1.807, 2.05) is 7.11 Å². The lowest BCUT2D eigenvalue weighted by Crippen LogP contribution is -2.48. The van der Waals surface area contributed by atoms with E-state index in [0.29, 0.717) is 6.10 Å². The third kappa shape index (κ3) is 5.38. The summed E-state index contributed by atoms with van der Waals surface area (Å²) in [5, 5.41) is 13.1. The molecule has 114 valence electrons. The molecule has 4 nitrogen and oxygen atoms in total. The van der Waals surface area contributed by atoms with Crippen LogP contribution in [-0.4, -0.2) is 61.5 Å². The van der Waals surface area contributed by atoms with Crippen molar-refractivity contribution >= 4 is 0 Å². The molecule has 2 unspecified atom stereocenters. The van der Waals surface area contributed by atoms with Crippen molar-refractivity contribution in [2.75, 3.05) is 39.9 Å². The van der Waals surface area contributed by atoms with Gasteiger partial charge in [-0.2, -0.15) is 0 Å². The summed E-state index contributed by atoms with van der Waals surface area (Å²) in [5.74, 6) is 0. The van der Waals surface area contributed by atoms with Gasteiger partial charge in [-0.3, -0.25) is 0 Å². The smallest absolute Gasteiger partial charge is 0.0698 e. The van der Waals surface area contributed by atoms with E-state index >= 15 is 0 Å². The molecule has 0 spiro atoms. The number of piperidine rings is 1. The van der Waals surface area contributed by atoms with E-state index in [-0.39, 0.29) is 12.1 Å². The fourth-order valence-electron chi connectivity index (χ4n) is 3.06. The van der Waals surface area contributed by atoms with Crippen molar-refractivity contribution in [1.29, 1.82) is 0 Å². The Bertz CT molecular complexity index is 232. The molecule has 0 radical (unpaired) electrons. The van der Waals surface area contributed by atoms with E-state index in [4.69, 9.17) is 4.74 Å². The number of methoxy groups -OCH3 is 1. The van der Waals surface area contributed by atoms with Gasteiger partial charge in [-0.15, -0.1) is 0 Å². The van der Waals surface area contributed by atoms with Gasteiger partial charge in [0.1, 0.15) is 0 Å². The van der Waals surface area contributed by atoms with E-state index in [0.717, 1.165) is 38.9 Å². The Labute approximate surface area is 118 Å². The van der Waals surface area contributed by atoms with Gasteiger partial charge in [0.25, 0.3) is 0 Å². The summed E-state index contributed by atoms with van der Waals surface area (Å²) < 4.78 is 5.46. The SMILES string of the molecule is CCNC(CC)(CO)CCCN1CCCC(OC)C1. The molecule has 1 aliphatic heterocycles. The molecule has 0 aromatic heterocycles. The minimum absolute atomic E-state index is 0.0782. The zero-order chi connectivity index (χ0) is 14.1. The highest BCUT2D eigenvalue weighted by Gasteiger charge is 2.26. The molecule has 19 heavy (non-hydrogen) atoms. The highest BCUT2D eigenvalue weighted by molar-refractivity contribution is 4.86. The standard InChI is InChI=1S/C15H32N2O2/c1-4-15(13-18,16-5-2)9-7-11-17-10-6-8-14(12-17)19-3/h14,16,18H,4-13H2,1-3H3. The topological polar surface area (TPSA) is 44.7 Å². The zero-order valence-corrected chi connectivity index (χ0v) is 13.0. The third-order valence-corrected chi connectivity index (χ3v) is 4.46. The summed E-state index contributed by atoms with van der Waals surface area (Å²) in [6, 6.07) is 0. The molecule has 1 saturated heterocycles. The average Bonchev–Trinajstić information content (AvgIpc) is 2.46. The van der Waals surface area contributed by atoms with Gasteiger partial charge in [-0.1, -0.05) is 13.8 Å². The summed E-state index contributed by atoms with van der Waals surface area (Å²) in [4.78, 5) is 2.50. The minimum atomic E-state index is -0.0782. The van der Waals surface area contributed by atoms with Crippen LogP contribution in [0.15, 0.2) is 0 Å². The second-order valence-corrected chi connectivity index (χ2v) is 5.73. The van der Waals surface area contributed by atoms with E-state index < -0.39 is 0 Å². The number of rotatable bonds is 9. The lowest BCUT2D eigenvalue weighted by atomic mass is 9.91. The maximum absolute atomic E-state index is 9.63. The van der Waals surface area contributed by atoms with Gasteiger partial charge in [-0.25, -0.2) is 0 Å². The summed E-state index contributed by atoms with van der Waals surface area (Å²) >= 11 is 0. The number of likely N-dealkylation sites (N-methyl/N-ethyl adjacent to an activating group) is 1. The first-order chi connectivity index (χ1) is 9.19. The number of aliphatic hydroxyl groups excluding tert-OH is 1. The fraction of sp³-hybridized carbons (Fsp3) is 1.00. The Balaban J connectivity index is 2.31. The van der Waals surface area contributed by atoms with E-state index in [2.05, 4.69) is 24.1 Å². The van der Waals surface area contributed by atoms with Gasteiger partial charge in [0.2, 0.25) is 0 Å². The average molecular weight is 272 g/mol. The maximum Gasteiger partial charge on any atom is 0.0698 e. The van der Waals surface area contributed by atoms with Gasteiger partial charge in [0.15, 0.2) is 0 Å². The first-order valence-corrected chi connectivity index (χ1v) is 7.80. The van der Waals surface area contributed by atoms with Crippen molar-refractivity contribution in [3.05, 3.63) is 0 Å². The van der Waals surface area contributed by atoms with Crippen LogP contribution in [0, 0.1) is 0 Å². The number of likely N-dealkylation sites (tertiary alicyclic amines) is 1. The molecule has 0 aromatic carbocycles. The summed E-state index contributed by atoms with van der Waals surface area (Å²) in [7, 11) is 1.81. The van der Waals surface area contributed by atoms with Crippen LogP contribution in [0.3, 0.4) is 0 Å². The predicted molar refractivity (Wildman–Crippen MR) is 79.5 cm³/mol. The zero-order valence-electron chi connectivity index (χ0n) is 13.0. The van der Waals surface area contributed by atoms with Crippen molar-refractivity contribution in [3.63, 3.8) is 0 Å². The fourth-order valence-corrected chi connectivity index (χ4v) is 3.06. The van der Waals surface area contributed by atoms with E-state index in [9.17, 15) is 5.11 Å². The largest absolute Gasteiger partial charge is 0.394 e. The molecule has 1 aliphatic rings. The van der Waals surface area contributed by atoms with Crippen molar-refractivity contribution < 1.29 is 9.84 Å². The monoisotopic (exact) mass is 272 g/mol. The highest BCUT2D eigenvalue weighted by Crippen LogP contribution is 2.19. The van der Waals surface area contributed by atoms with Crippen molar-refractivity contribution in [2.45, 2.75) is 57.6 Å². The second kappa shape index (κ2) is 8.90. The molecule has 0 bridgehead atoms. The third-order valence-electron chi connectivity index (χ3n) is 4.46. The van der Waals surface area contributed by atoms with E-state index in [1.54, 1.807) is 0 Å². The molecule has 0 amide bonds. The molecule has 0 aliphatic carbocycles. The molecular formula is C15H32N2O2. The minimum Gasteiger partial charge on any atom is -0.394 e. The number of hydrogen-bond donors (Lipinski definition) is 2. The maximum atomic E-state index is 9.63. The molecule has 0 aromatic rings. The normalized spacial score (nSPS) is 24.3. The van der Waals surface area contributed by atoms with Gasteiger partial charge in [0.05, 0.1) is 12.7 Å². The van der Waals surface area contributed by atoms with Gasteiger partial charge in [0, 0.05) is 19.2 Å². The number of nitrogens with zero attached hydrogens (tertiary/aromatic N) is 1. The number of aliphatic hydroxyl groups is 1. The number of hydrogen-bond acceptors (Lipinski definition) is 4. The Morgan fingerprint density at radius 1 is 1.42 bits per heavy atom. The van der Waals surface area contributed by atoms with Gasteiger partial charge < -0.3 is 20.1 Å². The summed E-state index contributed by atoms with van der Waals surface area (Å²) in [6.45, 7) is 8.79. The van der Waals surface area contributed by atoms with Crippen LogP contribution in [0.2, 0.25) is 0 Å². The lowest BCUT2D eigenvalue weighted by molar-refractivity contribution is 0.0294. The molecule has 4 heteroatoms. The van der Waals surface area contributed by atoms with Crippen LogP contribution in [0.5, 0.6) is 0 Å². The number of nitrogens with one attached hydrogen (secondary N) is 1. The Morgan fingerprint density at radius 3 is 2.79 bits per heavy atom. The van der Waals surface area contributed by atoms with Crippen molar-refractivity contribution in [3.8, 4) is 0 Å². The van der Waals surface area contributed by atoms with Crippen molar-refractivity contribution in [1.82, 2.24) is 10.2 Å². The highest BCUT2D eigenvalue weighted by atomic mass is 16.5. The Kier molecular flexibility index (Phi) is 7.91. The molecule has 1 rings (SSSR count). The van der Waals surface area contributed by atoms with Crippen LogP contribution < -0.4 is 5.32 Å². The van der Waals surface area contributed by atoms with E-state index in [1.165, 1.54) is 19.4 Å². The second-order valence-electron chi connectivity index (χ2n) is 5.73. The molecule has 0 saturated carbocycles. The summed E-state index contributed by atoms with van der Waals surface area (Å²) in [6.07, 6.45) is 6.01. The summed E-state index contributed by atoms with van der Waals surface area (Å²) in [5.41, 5.74) is -0.0782. The van der Waals surface area contributed by atoms with Crippen LogP contribution in [0.1, 0.15) is 46.0 Å². The lowest BCUT2D eigenvalue weighted by Gasteiger charge is -2.35. The molecule has 2 N–H and O–H groups in total. The van der Waals surface area contributed by atoms with Gasteiger partial charge in [-0.05, 0) is 51.7 Å². The molecule has 1 heterocycles.